The molecule has 0 N–H and O–H groups in total. The molecule has 2 aromatic carbocycles. The highest BCUT2D eigenvalue weighted by atomic mass is 16.5. The standard InChI is InChI=1S/C21H21NO3/c1-3-4-12-25-17-9-7-8-16(13-17)21(24)22-15(2)19(14-23)18-10-5-6-11-20(18)22/h5-11,13-14H,3-4,12H2,1-2H3. The molecule has 1 heterocycles. The second-order valence-corrected chi connectivity index (χ2v) is 6.00. The van der Waals surface area contributed by atoms with Gasteiger partial charge >= 0.3 is 0 Å². The lowest BCUT2D eigenvalue weighted by atomic mass is 10.1. The van der Waals surface area contributed by atoms with Crippen molar-refractivity contribution in [2.24, 2.45) is 0 Å². The van der Waals surface area contributed by atoms with Gasteiger partial charge in [-0.05, 0) is 37.6 Å². The van der Waals surface area contributed by atoms with Crippen LogP contribution in [-0.2, 0) is 0 Å². The first kappa shape index (κ1) is 17.0. The normalized spacial score (nSPS) is 10.8. The van der Waals surface area contributed by atoms with Gasteiger partial charge in [0.15, 0.2) is 6.29 Å². The molecule has 128 valence electrons. The summed E-state index contributed by atoms with van der Waals surface area (Å²) in [6, 6.07) is 14.6. The van der Waals surface area contributed by atoms with E-state index >= 15 is 0 Å². The van der Waals surface area contributed by atoms with Gasteiger partial charge < -0.3 is 4.74 Å². The number of benzene rings is 2. The van der Waals surface area contributed by atoms with Crippen molar-refractivity contribution in [3.05, 3.63) is 65.4 Å². The molecule has 0 aliphatic heterocycles. The van der Waals surface area contributed by atoms with Gasteiger partial charge in [0.1, 0.15) is 5.75 Å². The molecule has 3 aromatic rings. The van der Waals surface area contributed by atoms with E-state index in [2.05, 4.69) is 6.92 Å². The van der Waals surface area contributed by atoms with E-state index in [4.69, 9.17) is 4.74 Å². The van der Waals surface area contributed by atoms with Crippen LogP contribution in [0.25, 0.3) is 10.9 Å². The summed E-state index contributed by atoms with van der Waals surface area (Å²) in [6.45, 7) is 4.53. The van der Waals surface area contributed by atoms with Gasteiger partial charge in [0.25, 0.3) is 5.91 Å². The lowest BCUT2D eigenvalue weighted by Gasteiger charge is -2.10. The number of nitrogens with zero attached hydrogens (tertiary/aromatic N) is 1. The molecule has 4 nitrogen and oxygen atoms in total. The van der Waals surface area contributed by atoms with Crippen LogP contribution in [0.1, 0.15) is 46.2 Å². The Balaban J connectivity index is 2.02. The Kier molecular flexibility index (Phi) is 4.98. The number of carbonyl (C=O) groups is 2. The van der Waals surface area contributed by atoms with Crippen LogP contribution < -0.4 is 4.74 Å². The van der Waals surface area contributed by atoms with E-state index < -0.39 is 0 Å². The summed E-state index contributed by atoms with van der Waals surface area (Å²) in [4.78, 5) is 24.6. The Morgan fingerprint density at radius 2 is 1.96 bits per heavy atom. The van der Waals surface area contributed by atoms with Crippen LogP contribution in [-0.4, -0.2) is 23.4 Å². The zero-order valence-corrected chi connectivity index (χ0v) is 14.5. The van der Waals surface area contributed by atoms with Crippen LogP contribution >= 0.6 is 0 Å². The summed E-state index contributed by atoms with van der Waals surface area (Å²) in [7, 11) is 0. The summed E-state index contributed by atoms with van der Waals surface area (Å²) in [5.74, 6) is 0.520. The molecule has 0 atom stereocenters. The predicted molar refractivity (Wildman–Crippen MR) is 98.6 cm³/mol. The lowest BCUT2D eigenvalue weighted by Crippen LogP contribution is -2.14. The van der Waals surface area contributed by atoms with Gasteiger partial charge in [-0.3, -0.25) is 14.2 Å². The summed E-state index contributed by atoms with van der Waals surface area (Å²) in [5.41, 5.74) is 2.48. The van der Waals surface area contributed by atoms with Gasteiger partial charge in [0, 0.05) is 22.2 Å². The van der Waals surface area contributed by atoms with Gasteiger partial charge in [-0.15, -0.1) is 0 Å². The number of hydrogen-bond donors (Lipinski definition) is 0. The van der Waals surface area contributed by atoms with Gasteiger partial charge in [0.05, 0.1) is 12.1 Å². The third-order valence-electron chi connectivity index (χ3n) is 4.33. The molecule has 0 saturated heterocycles. The molecule has 0 radical (unpaired) electrons. The third-order valence-corrected chi connectivity index (χ3v) is 4.33. The van der Waals surface area contributed by atoms with Crippen LogP contribution in [0.4, 0.5) is 0 Å². The van der Waals surface area contributed by atoms with Gasteiger partial charge in [-0.2, -0.15) is 0 Å². The molecule has 0 amide bonds. The number of carbonyl (C=O) groups excluding carboxylic acids is 2. The minimum atomic E-state index is -0.164. The van der Waals surface area contributed by atoms with E-state index in [0.29, 0.717) is 29.2 Å². The fourth-order valence-corrected chi connectivity index (χ4v) is 2.99. The first-order valence-corrected chi connectivity index (χ1v) is 8.50. The molecule has 0 aliphatic rings. The smallest absolute Gasteiger partial charge is 0.262 e. The van der Waals surface area contributed by atoms with Crippen LogP contribution in [0, 0.1) is 6.92 Å². The highest BCUT2D eigenvalue weighted by molar-refractivity contribution is 6.08. The van der Waals surface area contributed by atoms with Gasteiger partial charge in [-0.1, -0.05) is 37.6 Å². The molecule has 0 spiro atoms. The largest absolute Gasteiger partial charge is 0.494 e. The average molecular weight is 335 g/mol. The minimum absolute atomic E-state index is 0.164. The Morgan fingerprint density at radius 3 is 2.72 bits per heavy atom. The van der Waals surface area contributed by atoms with Crippen LogP contribution in [0.2, 0.25) is 0 Å². The molecule has 4 heteroatoms. The molecule has 0 bridgehead atoms. The van der Waals surface area contributed by atoms with E-state index in [1.165, 1.54) is 0 Å². The van der Waals surface area contributed by atoms with Crippen molar-refractivity contribution >= 4 is 23.1 Å². The van der Waals surface area contributed by atoms with E-state index in [0.717, 1.165) is 30.0 Å². The van der Waals surface area contributed by atoms with E-state index in [1.54, 1.807) is 23.6 Å². The number of ether oxygens (including phenoxy) is 1. The van der Waals surface area contributed by atoms with Gasteiger partial charge in [-0.25, -0.2) is 0 Å². The second-order valence-electron chi connectivity index (χ2n) is 6.00. The Bertz CT molecular complexity index is 924. The van der Waals surface area contributed by atoms with E-state index in [1.807, 2.05) is 36.4 Å². The number of rotatable bonds is 6. The maximum absolute atomic E-state index is 13.1. The number of hydrogen-bond acceptors (Lipinski definition) is 3. The molecular formula is C21H21NO3. The minimum Gasteiger partial charge on any atom is -0.494 e. The fraction of sp³-hybridized carbons (Fsp3) is 0.238. The third kappa shape index (κ3) is 3.20. The maximum Gasteiger partial charge on any atom is 0.262 e. The van der Waals surface area contributed by atoms with Crippen molar-refractivity contribution in [3.63, 3.8) is 0 Å². The van der Waals surface area contributed by atoms with Crippen molar-refractivity contribution in [1.29, 1.82) is 0 Å². The molecule has 1 aromatic heterocycles. The number of unbranched alkanes of at least 4 members (excludes halogenated alkanes) is 1. The monoisotopic (exact) mass is 335 g/mol. The zero-order chi connectivity index (χ0) is 17.8. The Labute approximate surface area is 147 Å². The van der Waals surface area contributed by atoms with Gasteiger partial charge in [0.2, 0.25) is 0 Å². The van der Waals surface area contributed by atoms with Crippen molar-refractivity contribution in [1.82, 2.24) is 4.57 Å². The highest BCUT2D eigenvalue weighted by Gasteiger charge is 2.19. The molecule has 0 saturated carbocycles. The zero-order valence-electron chi connectivity index (χ0n) is 14.5. The molecule has 0 aliphatic carbocycles. The molecular weight excluding hydrogens is 314 g/mol. The van der Waals surface area contributed by atoms with E-state index in [9.17, 15) is 9.59 Å². The topological polar surface area (TPSA) is 48.3 Å². The second kappa shape index (κ2) is 7.34. The number of aldehydes is 1. The van der Waals surface area contributed by atoms with Crippen molar-refractivity contribution < 1.29 is 14.3 Å². The Hall–Kier alpha value is -2.88. The first-order chi connectivity index (χ1) is 12.2. The molecule has 0 fully saturated rings. The molecule has 0 unspecified atom stereocenters. The van der Waals surface area contributed by atoms with Crippen LogP contribution in [0.15, 0.2) is 48.5 Å². The van der Waals surface area contributed by atoms with Crippen LogP contribution in [0.3, 0.4) is 0 Å². The summed E-state index contributed by atoms with van der Waals surface area (Å²) < 4.78 is 7.30. The summed E-state index contributed by atoms with van der Waals surface area (Å²) in [6.07, 6.45) is 2.84. The highest BCUT2D eigenvalue weighted by Crippen LogP contribution is 2.26. The summed E-state index contributed by atoms with van der Waals surface area (Å²) in [5, 5.41) is 0.790. The number of fused-ring (bicyclic) bond motifs is 1. The summed E-state index contributed by atoms with van der Waals surface area (Å²) >= 11 is 0. The number of para-hydroxylation sites is 1. The van der Waals surface area contributed by atoms with Crippen LogP contribution in [0.5, 0.6) is 5.75 Å². The van der Waals surface area contributed by atoms with Crippen molar-refractivity contribution in [2.45, 2.75) is 26.7 Å². The quantitative estimate of drug-likeness (QED) is 0.487. The molecule has 3 rings (SSSR count). The molecule has 25 heavy (non-hydrogen) atoms. The SMILES string of the molecule is CCCCOc1cccc(C(=O)n2c(C)c(C=O)c3ccccc32)c1. The lowest BCUT2D eigenvalue weighted by molar-refractivity contribution is 0.0962. The van der Waals surface area contributed by atoms with Crippen molar-refractivity contribution in [3.8, 4) is 5.75 Å². The predicted octanol–water partition coefficient (Wildman–Crippen LogP) is 4.63. The van der Waals surface area contributed by atoms with E-state index in [-0.39, 0.29) is 5.91 Å². The first-order valence-electron chi connectivity index (χ1n) is 8.50. The average Bonchev–Trinajstić information content (AvgIpc) is 2.92. The maximum atomic E-state index is 13.1. The fourth-order valence-electron chi connectivity index (χ4n) is 2.99. The Morgan fingerprint density at radius 1 is 1.16 bits per heavy atom. The van der Waals surface area contributed by atoms with Crippen molar-refractivity contribution in [2.75, 3.05) is 6.61 Å². The number of aromatic nitrogens is 1.